The van der Waals surface area contributed by atoms with Gasteiger partial charge in [-0.05, 0) is 18.1 Å². The van der Waals surface area contributed by atoms with Gasteiger partial charge in [-0.15, -0.1) is 0 Å². The predicted octanol–water partition coefficient (Wildman–Crippen LogP) is 1.39. The number of rotatable bonds is 7. The molecule has 1 rings (SSSR count). The van der Waals surface area contributed by atoms with Crippen LogP contribution in [-0.4, -0.2) is 31.1 Å². The molecule has 0 saturated heterocycles. The molecule has 1 aromatic rings. The maximum Gasteiger partial charge on any atom is 0.293 e. The van der Waals surface area contributed by atoms with Gasteiger partial charge >= 0.3 is 0 Å². The molecular weight excluding hydrogens is 250 g/mol. The van der Waals surface area contributed by atoms with Crippen LogP contribution in [0.3, 0.4) is 0 Å². The third kappa shape index (κ3) is 4.22. The molecule has 1 atom stereocenters. The Morgan fingerprint density at radius 3 is 2.79 bits per heavy atom. The second-order valence-corrected chi connectivity index (χ2v) is 4.29. The van der Waals surface area contributed by atoms with Crippen molar-refractivity contribution in [1.82, 2.24) is 0 Å². The number of nitrogens with two attached hydrogens (primary N) is 1. The molecule has 0 aliphatic heterocycles. The number of carbonyl (C=O) groups is 1. The lowest BCUT2D eigenvalue weighted by Gasteiger charge is -2.13. The first kappa shape index (κ1) is 14.9. The van der Waals surface area contributed by atoms with Crippen LogP contribution in [0.4, 0.5) is 11.4 Å². The Morgan fingerprint density at radius 2 is 2.26 bits per heavy atom. The highest BCUT2D eigenvalue weighted by molar-refractivity contribution is 5.94. The molecule has 7 heteroatoms. The summed E-state index contributed by atoms with van der Waals surface area (Å²) >= 11 is 0. The number of nitrogens with zero attached hydrogens (tertiary/aromatic N) is 1. The molecule has 0 radical (unpaired) electrons. The summed E-state index contributed by atoms with van der Waals surface area (Å²) in [5.74, 6) is -0.483. The zero-order chi connectivity index (χ0) is 14.4. The number of carbonyl (C=O) groups excluding carboxylic acids is 1. The average molecular weight is 267 g/mol. The monoisotopic (exact) mass is 267 g/mol. The molecule has 1 aromatic carbocycles. The lowest BCUT2D eigenvalue weighted by atomic mass is 10.1. The Bertz CT molecular complexity index is 476. The van der Waals surface area contributed by atoms with E-state index in [-0.39, 0.29) is 17.2 Å². The molecular formula is C12H17N3O4. The van der Waals surface area contributed by atoms with E-state index < -0.39 is 10.8 Å². The average Bonchev–Trinajstić information content (AvgIpc) is 2.36. The second-order valence-electron chi connectivity index (χ2n) is 4.29. The standard InChI is InChI=1S/C12H17N3O4/c1-8(7-19-2)6-14-10-4-3-9(12(13)16)5-11(10)15(17)18/h3-5,8,14H,6-7H2,1-2H3,(H2,13,16). The van der Waals surface area contributed by atoms with Crippen LogP contribution in [0.2, 0.25) is 0 Å². The minimum Gasteiger partial charge on any atom is -0.384 e. The lowest BCUT2D eigenvalue weighted by molar-refractivity contribution is -0.384. The Morgan fingerprint density at radius 1 is 1.58 bits per heavy atom. The van der Waals surface area contributed by atoms with Gasteiger partial charge in [0.05, 0.1) is 11.5 Å². The summed E-state index contributed by atoms with van der Waals surface area (Å²) in [7, 11) is 1.60. The topological polar surface area (TPSA) is 107 Å². The fraction of sp³-hybridized carbons (Fsp3) is 0.417. The Hall–Kier alpha value is -2.15. The molecule has 1 unspecified atom stereocenters. The van der Waals surface area contributed by atoms with Crippen molar-refractivity contribution in [2.24, 2.45) is 11.7 Å². The van der Waals surface area contributed by atoms with Crippen LogP contribution in [-0.2, 0) is 4.74 Å². The van der Waals surface area contributed by atoms with E-state index in [1.807, 2.05) is 6.92 Å². The zero-order valence-corrected chi connectivity index (χ0v) is 10.9. The quantitative estimate of drug-likeness (QED) is 0.573. The normalized spacial score (nSPS) is 11.9. The number of nitro benzene ring substituents is 1. The van der Waals surface area contributed by atoms with E-state index in [1.54, 1.807) is 7.11 Å². The van der Waals surface area contributed by atoms with Crippen LogP contribution in [0.5, 0.6) is 0 Å². The summed E-state index contributed by atoms with van der Waals surface area (Å²) in [6.07, 6.45) is 0. The van der Waals surface area contributed by atoms with Crippen molar-refractivity contribution in [3.05, 3.63) is 33.9 Å². The van der Waals surface area contributed by atoms with Crippen molar-refractivity contribution in [2.75, 3.05) is 25.6 Å². The molecule has 1 amide bonds. The van der Waals surface area contributed by atoms with E-state index in [1.165, 1.54) is 18.2 Å². The van der Waals surface area contributed by atoms with Gasteiger partial charge in [0.1, 0.15) is 5.69 Å². The maximum atomic E-state index is 11.0. The smallest absolute Gasteiger partial charge is 0.293 e. The van der Waals surface area contributed by atoms with E-state index in [0.717, 1.165) is 0 Å². The number of nitro groups is 1. The Kier molecular flexibility index (Phi) is 5.25. The van der Waals surface area contributed by atoms with Crippen LogP contribution in [0.25, 0.3) is 0 Å². The first-order valence-corrected chi connectivity index (χ1v) is 5.76. The van der Waals surface area contributed by atoms with Crippen molar-refractivity contribution in [2.45, 2.75) is 6.92 Å². The summed E-state index contributed by atoms with van der Waals surface area (Å²) in [6.45, 7) is 3.05. The third-order valence-electron chi connectivity index (χ3n) is 2.57. The number of ether oxygens (including phenoxy) is 1. The number of nitrogens with one attached hydrogen (secondary N) is 1. The molecule has 0 aliphatic carbocycles. The molecule has 0 fully saturated rings. The Balaban J connectivity index is 2.88. The Labute approximate surface area is 110 Å². The van der Waals surface area contributed by atoms with E-state index >= 15 is 0 Å². The molecule has 19 heavy (non-hydrogen) atoms. The van der Waals surface area contributed by atoms with Gasteiger partial charge in [0.25, 0.3) is 5.69 Å². The maximum absolute atomic E-state index is 11.0. The van der Waals surface area contributed by atoms with E-state index in [2.05, 4.69) is 5.32 Å². The van der Waals surface area contributed by atoms with Gasteiger partial charge in [0.15, 0.2) is 0 Å². The first-order valence-electron chi connectivity index (χ1n) is 5.76. The molecule has 0 spiro atoms. The second kappa shape index (κ2) is 6.69. The van der Waals surface area contributed by atoms with Crippen LogP contribution in [0, 0.1) is 16.0 Å². The fourth-order valence-electron chi connectivity index (χ4n) is 1.61. The van der Waals surface area contributed by atoms with Crippen LogP contribution < -0.4 is 11.1 Å². The minimum atomic E-state index is -0.692. The number of hydrogen-bond acceptors (Lipinski definition) is 5. The van der Waals surface area contributed by atoms with Crippen LogP contribution in [0.1, 0.15) is 17.3 Å². The van der Waals surface area contributed by atoms with Gasteiger partial charge in [-0.25, -0.2) is 0 Å². The summed E-state index contributed by atoms with van der Waals surface area (Å²) in [4.78, 5) is 21.4. The van der Waals surface area contributed by atoms with Gasteiger partial charge in [0.2, 0.25) is 5.91 Å². The van der Waals surface area contributed by atoms with Crippen molar-refractivity contribution in [3.63, 3.8) is 0 Å². The van der Waals surface area contributed by atoms with E-state index in [0.29, 0.717) is 18.8 Å². The highest BCUT2D eigenvalue weighted by Crippen LogP contribution is 2.25. The van der Waals surface area contributed by atoms with E-state index in [4.69, 9.17) is 10.5 Å². The van der Waals surface area contributed by atoms with Crippen molar-refractivity contribution in [3.8, 4) is 0 Å². The number of methoxy groups -OCH3 is 1. The van der Waals surface area contributed by atoms with E-state index in [9.17, 15) is 14.9 Å². The highest BCUT2D eigenvalue weighted by atomic mass is 16.6. The molecule has 104 valence electrons. The summed E-state index contributed by atoms with van der Waals surface area (Å²) in [5.41, 5.74) is 5.40. The third-order valence-corrected chi connectivity index (χ3v) is 2.57. The number of benzene rings is 1. The van der Waals surface area contributed by atoms with Gasteiger partial charge in [0, 0.05) is 25.3 Å². The molecule has 0 bridgehead atoms. The van der Waals surface area contributed by atoms with Crippen molar-refractivity contribution >= 4 is 17.3 Å². The van der Waals surface area contributed by atoms with Gasteiger partial charge in [-0.1, -0.05) is 6.92 Å². The lowest BCUT2D eigenvalue weighted by Crippen LogP contribution is -2.17. The fourth-order valence-corrected chi connectivity index (χ4v) is 1.61. The summed E-state index contributed by atoms with van der Waals surface area (Å²) in [6, 6.07) is 4.11. The SMILES string of the molecule is COCC(C)CNc1ccc(C(N)=O)cc1[N+](=O)[O-]. The highest BCUT2D eigenvalue weighted by Gasteiger charge is 2.16. The van der Waals surface area contributed by atoms with Crippen LogP contribution >= 0.6 is 0 Å². The van der Waals surface area contributed by atoms with Gasteiger partial charge in [-0.2, -0.15) is 0 Å². The molecule has 0 aliphatic rings. The first-order chi connectivity index (χ1) is 8.95. The molecule has 3 N–H and O–H groups in total. The number of hydrogen-bond donors (Lipinski definition) is 2. The van der Waals surface area contributed by atoms with Gasteiger partial charge in [-0.3, -0.25) is 14.9 Å². The zero-order valence-electron chi connectivity index (χ0n) is 10.9. The molecule has 0 saturated carbocycles. The van der Waals surface area contributed by atoms with Crippen LogP contribution in [0.15, 0.2) is 18.2 Å². The summed E-state index contributed by atoms with van der Waals surface area (Å²) in [5, 5.41) is 13.9. The van der Waals surface area contributed by atoms with Crippen molar-refractivity contribution < 1.29 is 14.5 Å². The number of amides is 1. The minimum absolute atomic E-state index is 0.113. The molecule has 0 heterocycles. The predicted molar refractivity (Wildman–Crippen MR) is 71.1 cm³/mol. The molecule has 0 aromatic heterocycles. The largest absolute Gasteiger partial charge is 0.384 e. The summed E-state index contributed by atoms with van der Waals surface area (Å²) < 4.78 is 4.99. The number of primary amides is 1. The number of anilines is 1. The molecule has 7 nitrogen and oxygen atoms in total. The van der Waals surface area contributed by atoms with Gasteiger partial charge < -0.3 is 15.8 Å². The van der Waals surface area contributed by atoms with Crippen molar-refractivity contribution in [1.29, 1.82) is 0 Å².